The van der Waals surface area contributed by atoms with Crippen LogP contribution in [0.5, 0.6) is 11.5 Å². The molecule has 1 amide bonds. The Bertz CT molecular complexity index is 744. The Hall–Kier alpha value is -2.50. The van der Waals surface area contributed by atoms with Gasteiger partial charge in [0.1, 0.15) is 6.04 Å². The number of likely N-dealkylation sites (tertiary alicyclic amines) is 1. The molecule has 3 heterocycles. The van der Waals surface area contributed by atoms with Gasteiger partial charge in [0.15, 0.2) is 11.5 Å². The average molecular weight is 341 g/mol. The van der Waals surface area contributed by atoms with E-state index in [1.54, 1.807) is 12.5 Å². The average Bonchev–Trinajstić information content (AvgIpc) is 3.28. The molecule has 2 aliphatic rings. The Morgan fingerprint density at radius 1 is 1.24 bits per heavy atom. The number of ether oxygens (including phenoxy) is 2. The van der Waals surface area contributed by atoms with E-state index in [9.17, 15) is 4.79 Å². The molecular weight excluding hydrogens is 318 g/mol. The molecule has 6 heteroatoms. The molecule has 0 N–H and O–H groups in total. The van der Waals surface area contributed by atoms with Crippen LogP contribution < -0.4 is 9.47 Å². The maximum Gasteiger partial charge on any atom is 0.245 e. The molecule has 0 unspecified atom stereocenters. The molecule has 0 bridgehead atoms. The van der Waals surface area contributed by atoms with Crippen LogP contribution in [0, 0.1) is 0 Å². The Morgan fingerprint density at radius 3 is 2.88 bits per heavy atom. The van der Waals surface area contributed by atoms with Crippen molar-refractivity contribution < 1.29 is 14.3 Å². The molecule has 0 spiro atoms. The number of nitrogens with zero attached hydrogens (tertiary/aromatic N) is 3. The van der Waals surface area contributed by atoms with Crippen LogP contribution in [0.2, 0.25) is 0 Å². The normalized spacial score (nSPS) is 21.0. The van der Waals surface area contributed by atoms with E-state index in [-0.39, 0.29) is 18.0 Å². The lowest BCUT2D eigenvalue weighted by molar-refractivity contribution is -0.135. The van der Waals surface area contributed by atoms with E-state index in [1.165, 1.54) is 0 Å². The van der Waals surface area contributed by atoms with Gasteiger partial charge in [-0.15, -0.1) is 0 Å². The van der Waals surface area contributed by atoms with Crippen LogP contribution >= 0.6 is 0 Å². The second-order valence-electron chi connectivity index (χ2n) is 6.63. The summed E-state index contributed by atoms with van der Waals surface area (Å²) in [6, 6.07) is 5.92. The zero-order valence-corrected chi connectivity index (χ0v) is 14.4. The molecule has 0 saturated carbocycles. The van der Waals surface area contributed by atoms with Crippen molar-refractivity contribution in [3.63, 3.8) is 0 Å². The van der Waals surface area contributed by atoms with Gasteiger partial charge in [0.05, 0.1) is 25.6 Å². The van der Waals surface area contributed by atoms with E-state index in [4.69, 9.17) is 9.47 Å². The number of hydrogen-bond acceptors (Lipinski definition) is 4. The van der Waals surface area contributed by atoms with Gasteiger partial charge < -0.3 is 18.9 Å². The van der Waals surface area contributed by atoms with E-state index < -0.39 is 0 Å². The summed E-state index contributed by atoms with van der Waals surface area (Å²) in [4.78, 5) is 19.0. The first kappa shape index (κ1) is 16.0. The number of hydrogen-bond donors (Lipinski definition) is 0. The first-order valence-corrected chi connectivity index (χ1v) is 8.91. The standard InChI is InChI=1S/C19H23N3O3/c1-14(21-9-7-20-13-21)19(23)22-8-2-4-16(22)15-5-6-17-18(12-15)25-11-3-10-24-17/h5-7,9,12-14,16H,2-4,8,10-11H2,1H3/t14-,16-/m0/s1. The van der Waals surface area contributed by atoms with Crippen molar-refractivity contribution in [2.75, 3.05) is 19.8 Å². The number of carbonyl (C=O) groups excluding carboxylic acids is 1. The van der Waals surface area contributed by atoms with Crippen molar-refractivity contribution in [2.24, 2.45) is 0 Å². The Kier molecular flexibility index (Phi) is 4.34. The van der Waals surface area contributed by atoms with Gasteiger partial charge in [-0.2, -0.15) is 0 Å². The summed E-state index contributed by atoms with van der Waals surface area (Å²) in [6.07, 6.45) is 8.11. The highest BCUT2D eigenvalue weighted by atomic mass is 16.5. The predicted octanol–water partition coefficient (Wildman–Crippen LogP) is 2.97. The molecule has 2 aliphatic heterocycles. The highest BCUT2D eigenvalue weighted by Crippen LogP contribution is 2.38. The fourth-order valence-corrected chi connectivity index (χ4v) is 3.63. The molecule has 0 radical (unpaired) electrons. The number of amides is 1. The monoisotopic (exact) mass is 341 g/mol. The van der Waals surface area contributed by atoms with E-state index in [0.717, 1.165) is 42.9 Å². The van der Waals surface area contributed by atoms with Gasteiger partial charge in [0.2, 0.25) is 5.91 Å². The first-order valence-electron chi connectivity index (χ1n) is 8.91. The molecule has 6 nitrogen and oxygen atoms in total. The lowest BCUT2D eigenvalue weighted by Gasteiger charge is -2.28. The van der Waals surface area contributed by atoms with Gasteiger partial charge in [-0.1, -0.05) is 6.07 Å². The maximum atomic E-state index is 13.0. The van der Waals surface area contributed by atoms with E-state index >= 15 is 0 Å². The lowest BCUT2D eigenvalue weighted by Crippen LogP contribution is -2.35. The molecule has 1 aromatic heterocycles. The second kappa shape index (κ2) is 6.78. The Morgan fingerprint density at radius 2 is 2.08 bits per heavy atom. The van der Waals surface area contributed by atoms with Crippen LogP contribution in [-0.4, -0.2) is 40.1 Å². The molecule has 1 aromatic carbocycles. The molecule has 1 fully saturated rings. The summed E-state index contributed by atoms with van der Waals surface area (Å²) in [5, 5.41) is 0. The molecular formula is C19H23N3O3. The zero-order chi connectivity index (χ0) is 17.2. The molecule has 25 heavy (non-hydrogen) atoms. The molecule has 0 aliphatic carbocycles. The smallest absolute Gasteiger partial charge is 0.245 e. The Labute approximate surface area is 147 Å². The van der Waals surface area contributed by atoms with E-state index in [0.29, 0.717) is 13.2 Å². The fourth-order valence-electron chi connectivity index (χ4n) is 3.63. The lowest BCUT2D eigenvalue weighted by atomic mass is 10.0. The first-order chi connectivity index (χ1) is 12.2. The number of imidazole rings is 1. The van der Waals surface area contributed by atoms with Crippen LogP contribution in [0.25, 0.3) is 0 Å². The minimum Gasteiger partial charge on any atom is -0.490 e. The quantitative estimate of drug-likeness (QED) is 0.861. The van der Waals surface area contributed by atoms with Crippen molar-refractivity contribution in [1.82, 2.24) is 14.5 Å². The number of rotatable bonds is 3. The van der Waals surface area contributed by atoms with Crippen molar-refractivity contribution >= 4 is 5.91 Å². The highest BCUT2D eigenvalue weighted by Gasteiger charge is 2.33. The highest BCUT2D eigenvalue weighted by molar-refractivity contribution is 5.81. The SMILES string of the molecule is C[C@@H](C(=O)N1CCC[C@H]1c1ccc2c(c1)OCCCO2)n1ccnc1. The minimum absolute atomic E-state index is 0.0932. The second-order valence-corrected chi connectivity index (χ2v) is 6.63. The summed E-state index contributed by atoms with van der Waals surface area (Å²) >= 11 is 0. The zero-order valence-electron chi connectivity index (χ0n) is 14.4. The third kappa shape index (κ3) is 3.08. The Balaban J connectivity index is 1.57. The molecule has 132 valence electrons. The van der Waals surface area contributed by atoms with Crippen molar-refractivity contribution in [3.8, 4) is 11.5 Å². The third-order valence-corrected chi connectivity index (χ3v) is 5.02. The molecule has 2 atom stereocenters. The van der Waals surface area contributed by atoms with Gasteiger partial charge in [-0.3, -0.25) is 4.79 Å². The number of fused-ring (bicyclic) bond motifs is 1. The van der Waals surface area contributed by atoms with Gasteiger partial charge in [0.25, 0.3) is 0 Å². The number of carbonyl (C=O) groups is 1. The minimum atomic E-state index is -0.247. The fraction of sp³-hybridized carbons (Fsp3) is 0.474. The van der Waals surface area contributed by atoms with Gasteiger partial charge >= 0.3 is 0 Å². The maximum absolute atomic E-state index is 13.0. The summed E-state index contributed by atoms with van der Waals surface area (Å²) in [5.74, 6) is 1.72. The summed E-state index contributed by atoms with van der Waals surface area (Å²) in [7, 11) is 0. The third-order valence-electron chi connectivity index (χ3n) is 5.02. The topological polar surface area (TPSA) is 56.6 Å². The van der Waals surface area contributed by atoms with Gasteiger partial charge in [-0.25, -0.2) is 4.98 Å². The van der Waals surface area contributed by atoms with Crippen molar-refractivity contribution in [3.05, 3.63) is 42.5 Å². The van der Waals surface area contributed by atoms with Crippen LogP contribution in [-0.2, 0) is 4.79 Å². The van der Waals surface area contributed by atoms with Crippen LogP contribution in [0.3, 0.4) is 0 Å². The largest absolute Gasteiger partial charge is 0.490 e. The van der Waals surface area contributed by atoms with Gasteiger partial charge in [0, 0.05) is 25.4 Å². The van der Waals surface area contributed by atoms with Crippen molar-refractivity contribution in [2.45, 2.75) is 38.3 Å². The van der Waals surface area contributed by atoms with Crippen molar-refractivity contribution in [1.29, 1.82) is 0 Å². The van der Waals surface area contributed by atoms with E-state index in [1.807, 2.05) is 34.7 Å². The van der Waals surface area contributed by atoms with Crippen LogP contribution in [0.15, 0.2) is 36.9 Å². The van der Waals surface area contributed by atoms with Gasteiger partial charge in [-0.05, 0) is 37.5 Å². The molecule has 2 aromatic rings. The molecule has 4 rings (SSSR count). The van der Waals surface area contributed by atoms with E-state index in [2.05, 4.69) is 11.1 Å². The summed E-state index contributed by atoms with van der Waals surface area (Å²) in [5.41, 5.74) is 1.12. The molecule has 1 saturated heterocycles. The number of benzene rings is 1. The predicted molar refractivity (Wildman–Crippen MR) is 92.7 cm³/mol. The summed E-state index contributed by atoms with van der Waals surface area (Å²) in [6.45, 7) is 4.06. The summed E-state index contributed by atoms with van der Waals surface area (Å²) < 4.78 is 13.4. The van der Waals surface area contributed by atoms with Crippen LogP contribution in [0.4, 0.5) is 0 Å². The van der Waals surface area contributed by atoms with Crippen LogP contribution in [0.1, 0.15) is 43.8 Å². The number of aromatic nitrogens is 2.